The van der Waals surface area contributed by atoms with Gasteiger partial charge in [0.2, 0.25) is 0 Å². The summed E-state index contributed by atoms with van der Waals surface area (Å²) in [6.07, 6.45) is 3.32. The van der Waals surface area contributed by atoms with Crippen molar-refractivity contribution in [2.75, 3.05) is 26.8 Å². The van der Waals surface area contributed by atoms with Gasteiger partial charge in [0.15, 0.2) is 0 Å². The predicted octanol–water partition coefficient (Wildman–Crippen LogP) is 0.619. The summed E-state index contributed by atoms with van der Waals surface area (Å²) < 4.78 is 5.35. The van der Waals surface area contributed by atoms with Crippen molar-refractivity contribution >= 4 is 0 Å². The van der Waals surface area contributed by atoms with Crippen LogP contribution in [-0.4, -0.2) is 26.8 Å². The highest BCUT2D eigenvalue weighted by atomic mass is 16.5. The van der Waals surface area contributed by atoms with E-state index in [4.69, 9.17) is 10.5 Å². The lowest BCUT2D eigenvalue weighted by molar-refractivity contribution is 0.140. The summed E-state index contributed by atoms with van der Waals surface area (Å²) in [6, 6.07) is 0. The Morgan fingerprint density at radius 3 is 2.83 bits per heavy atom. The second-order valence-electron chi connectivity index (χ2n) is 3.09. The van der Waals surface area contributed by atoms with Gasteiger partial charge >= 0.3 is 0 Å². The molecule has 0 heterocycles. The molecule has 0 radical (unpaired) electrons. The van der Waals surface area contributed by atoms with Gasteiger partial charge in [0.1, 0.15) is 0 Å². The van der Waals surface area contributed by atoms with Gasteiger partial charge in [0.25, 0.3) is 0 Å². The van der Waals surface area contributed by atoms with Gasteiger partial charge in [-0.15, -0.1) is 0 Å². The molecule has 3 nitrogen and oxygen atoms in total. The Hall–Kier alpha value is -0.540. The first-order valence-corrected chi connectivity index (χ1v) is 4.53. The van der Waals surface area contributed by atoms with Crippen LogP contribution in [0, 0.1) is 0 Å². The van der Waals surface area contributed by atoms with Gasteiger partial charge in [0, 0.05) is 18.7 Å². The lowest BCUT2D eigenvalue weighted by atomic mass is 10.3. The van der Waals surface area contributed by atoms with Crippen molar-refractivity contribution in [3.63, 3.8) is 0 Å². The summed E-state index contributed by atoms with van der Waals surface area (Å²) in [4.78, 5) is 0. The highest BCUT2D eigenvalue weighted by molar-refractivity contribution is 5.22. The van der Waals surface area contributed by atoms with Crippen molar-refractivity contribution in [1.82, 2.24) is 5.32 Å². The van der Waals surface area contributed by atoms with Crippen LogP contribution < -0.4 is 11.1 Å². The van der Waals surface area contributed by atoms with Crippen LogP contribution in [0.5, 0.6) is 0 Å². The first-order valence-electron chi connectivity index (χ1n) is 4.53. The molecule has 1 rings (SSSR count). The number of ether oxygens (including phenoxy) is 1. The fraction of sp³-hybridized carbons (Fsp3) is 0.778. The molecular formula is C9H18N2O. The third-order valence-corrected chi connectivity index (χ3v) is 1.97. The van der Waals surface area contributed by atoms with E-state index in [9.17, 15) is 0 Å². The topological polar surface area (TPSA) is 47.3 Å². The van der Waals surface area contributed by atoms with Crippen molar-refractivity contribution in [1.29, 1.82) is 0 Å². The molecule has 0 aromatic rings. The molecule has 0 amide bonds. The SMILES string of the molecule is CNCCOCCC(N)=C1CC1. The number of hydrogen-bond donors (Lipinski definition) is 2. The number of nitrogens with one attached hydrogen (secondary N) is 1. The van der Waals surface area contributed by atoms with E-state index in [1.165, 1.54) is 18.4 Å². The molecule has 1 aliphatic rings. The van der Waals surface area contributed by atoms with Gasteiger partial charge < -0.3 is 15.8 Å². The first-order chi connectivity index (χ1) is 5.84. The van der Waals surface area contributed by atoms with Crippen molar-refractivity contribution in [3.05, 3.63) is 11.3 Å². The van der Waals surface area contributed by atoms with E-state index in [0.717, 1.165) is 31.9 Å². The summed E-state index contributed by atoms with van der Waals surface area (Å²) in [5, 5.41) is 3.02. The smallest absolute Gasteiger partial charge is 0.0590 e. The minimum absolute atomic E-state index is 0.761. The number of rotatable bonds is 6. The van der Waals surface area contributed by atoms with E-state index < -0.39 is 0 Å². The van der Waals surface area contributed by atoms with Gasteiger partial charge in [-0.3, -0.25) is 0 Å². The molecule has 70 valence electrons. The Kier molecular flexibility index (Phi) is 4.11. The normalized spacial score (nSPS) is 14.9. The Balaban J connectivity index is 1.92. The molecule has 3 N–H and O–H groups in total. The summed E-state index contributed by atoms with van der Waals surface area (Å²) in [5.74, 6) is 0. The summed E-state index contributed by atoms with van der Waals surface area (Å²) in [7, 11) is 1.92. The van der Waals surface area contributed by atoms with Crippen LogP contribution in [0.4, 0.5) is 0 Å². The van der Waals surface area contributed by atoms with Gasteiger partial charge in [-0.25, -0.2) is 0 Å². The third-order valence-electron chi connectivity index (χ3n) is 1.97. The predicted molar refractivity (Wildman–Crippen MR) is 49.8 cm³/mol. The van der Waals surface area contributed by atoms with E-state index in [-0.39, 0.29) is 0 Å². The Morgan fingerprint density at radius 2 is 2.25 bits per heavy atom. The maximum atomic E-state index is 5.78. The van der Waals surface area contributed by atoms with Crippen molar-refractivity contribution in [2.45, 2.75) is 19.3 Å². The fourth-order valence-electron chi connectivity index (χ4n) is 1.02. The van der Waals surface area contributed by atoms with Crippen LogP contribution >= 0.6 is 0 Å². The molecule has 3 heteroatoms. The molecule has 1 saturated carbocycles. The summed E-state index contributed by atoms with van der Waals surface area (Å²) in [6.45, 7) is 2.45. The largest absolute Gasteiger partial charge is 0.402 e. The van der Waals surface area contributed by atoms with E-state index in [0.29, 0.717) is 0 Å². The Labute approximate surface area is 74.0 Å². The molecule has 0 spiro atoms. The molecule has 0 aromatic carbocycles. The quantitative estimate of drug-likeness (QED) is 0.574. The van der Waals surface area contributed by atoms with Crippen LogP contribution in [0.15, 0.2) is 11.3 Å². The number of nitrogens with two attached hydrogens (primary N) is 1. The second kappa shape index (κ2) is 5.17. The Morgan fingerprint density at radius 1 is 1.50 bits per heavy atom. The molecule has 0 saturated heterocycles. The van der Waals surface area contributed by atoms with E-state index >= 15 is 0 Å². The third kappa shape index (κ3) is 3.74. The van der Waals surface area contributed by atoms with Crippen LogP contribution in [0.3, 0.4) is 0 Å². The average molecular weight is 170 g/mol. The molecule has 0 bridgehead atoms. The highest BCUT2D eigenvalue weighted by Gasteiger charge is 2.14. The number of likely N-dealkylation sites (N-methyl/N-ethyl adjacent to an activating group) is 1. The number of allylic oxidation sites excluding steroid dienone is 1. The lowest BCUT2D eigenvalue weighted by Gasteiger charge is -2.03. The standard InChI is InChI=1S/C9H18N2O/c1-11-5-7-12-6-4-9(10)8-2-3-8/h11H,2-7,10H2,1H3. The van der Waals surface area contributed by atoms with Crippen LogP contribution in [0.1, 0.15) is 19.3 Å². The molecule has 0 unspecified atom stereocenters. The maximum Gasteiger partial charge on any atom is 0.0590 e. The Bertz CT molecular complexity index is 160. The van der Waals surface area contributed by atoms with E-state index in [1.54, 1.807) is 0 Å². The van der Waals surface area contributed by atoms with Gasteiger partial charge in [0.05, 0.1) is 13.2 Å². The van der Waals surface area contributed by atoms with Gasteiger partial charge in [-0.2, -0.15) is 0 Å². The van der Waals surface area contributed by atoms with Gasteiger partial charge in [-0.1, -0.05) is 5.57 Å². The maximum absolute atomic E-state index is 5.78. The lowest BCUT2D eigenvalue weighted by Crippen LogP contribution is -2.15. The molecular weight excluding hydrogens is 152 g/mol. The van der Waals surface area contributed by atoms with Crippen LogP contribution in [-0.2, 0) is 4.74 Å². The monoisotopic (exact) mass is 170 g/mol. The zero-order valence-electron chi connectivity index (χ0n) is 7.73. The first kappa shape index (κ1) is 9.55. The fourth-order valence-corrected chi connectivity index (χ4v) is 1.02. The minimum Gasteiger partial charge on any atom is -0.402 e. The summed E-state index contributed by atoms with van der Waals surface area (Å²) >= 11 is 0. The van der Waals surface area contributed by atoms with Crippen molar-refractivity contribution in [2.24, 2.45) is 5.73 Å². The van der Waals surface area contributed by atoms with E-state index in [1.807, 2.05) is 7.05 Å². The highest BCUT2D eigenvalue weighted by Crippen LogP contribution is 2.30. The van der Waals surface area contributed by atoms with Gasteiger partial charge in [-0.05, 0) is 19.9 Å². The minimum atomic E-state index is 0.761. The molecule has 0 aliphatic heterocycles. The summed E-state index contributed by atoms with van der Waals surface area (Å²) in [5.41, 5.74) is 8.27. The zero-order valence-corrected chi connectivity index (χ0v) is 7.73. The van der Waals surface area contributed by atoms with Crippen LogP contribution in [0.25, 0.3) is 0 Å². The average Bonchev–Trinajstić information content (AvgIpc) is 2.86. The van der Waals surface area contributed by atoms with Crippen molar-refractivity contribution in [3.8, 4) is 0 Å². The number of hydrogen-bond acceptors (Lipinski definition) is 3. The van der Waals surface area contributed by atoms with Crippen molar-refractivity contribution < 1.29 is 4.74 Å². The molecule has 1 fully saturated rings. The second-order valence-corrected chi connectivity index (χ2v) is 3.09. The van der Waals surface area contributed by atoms with Crippen LogP contribution in [0.2, 0.25) is 0 Å². The zero-order chi connectivity index (χ0) is 8.81. The van der Waals surface area contributed by atoms with E-state index in [2.05, 4.69) is 5.32 Å². The molecule has 1 aliphatic carbocycles. The molecule has 12 heavy (non-hydrogen) atoms. The molecule has 0 atom stereocenters. The molecule has 0 aromatic heterocycles.